The highest BCUT2D eigenvalue weighted by molar-refractivity contribution is 7.91. The molecule has 1 fully saturated rings. The van der Waals surface area contributed by atoms with Gasteiger partial charge in [0.2, 0.25) is 0 Å². The van der Waals surface area contributed by atoms with Crippen LogP contribution >= 0.6 is 0 Å². The number of hydrogen-bond donors (Lipinski definition) is 2. The Morgan fingerprint density at radius 1 is 1.24 bits per heavy atom. The van der Waals surface area contributed by atoms with E-state index in [1.165, 1.54) is 0 Å². The number of carbonyl (C=O) groups is 1. The minimum Gasteiger partial charge on any atom is -0.326 e. The average molecular weight is 420 g/mol. The van der Waals surface area contributed by atoms with Crippen molar-refractivity contribution in [1.82, 2.24) is 9.78 Å². The summed E-state index contributed by atoms with van der Waals surface area (Å²) in [4.78, 5) is 13.6. The molecule has 2 heterocycles. The normalized spacial score (nSPS) is 19.3. The number of likely N-dealkylation sites (N-methyl/N-ethyl adjacent to an activating group) is 1. The Kier molecular flexibility index (Phi) is 6.14. The lowest BCUT2D eigenvalue weighted by atomic mass is 10.1. The van der Waals surface area contributed by atoms with E-state index >= 15 is 0 Å². The predicted molar refractivity (Wildman–Crippen MR) is 114 cm³/mol. The van der Waals surface area contributed by atoms with E-state index in [2.05, 4.69) is 10.4 Å². The number of amides is 1. The second-order valence-corrected chi connectivity index (χ2v) is 10.5. The van der Waals surface area contributed by atoms with E-state index in [0.717, 1.165) is 38.7 Å². The Balaban J connectivity index is 1.66. The molecule has 2 aromatic rings. The SMILES string of the molecule is Cc1cccc(C)c1NC(=O)C[NH+](C)Cc1c(C)nn([C@@H]2CCS(=O)(=O)C2)c1C. The third-order valence-corrected chi connectivity index (χ3v) is 7.47. The van der Waals surface area contributed by atoms with Crippen molar-refractivity contribution in [2.75, 3.05) is 30.4 Å². The van der Waals surface area contributed by atoms with Crippen LogP contribution < -0.4 is 10.2 Å². The van der Waals surface area contributed by atoms with Crippen molar-refractivity contribution in [3.8, 4) is 0 Å². The molecule has 1 amide bonds. The van der Waals surface area contributed by atoms with Crippen molar-refractivity contribution in [3.63, 3.8) is 0 Å². The number of benzene rings is 1. The van der Waals surface area contributed by atoms with Crippen molar-refractivity contribution in [2.24, 2.45) is 0 Å². The first-order chi connectivity index (χ1) is 13.6. The Morgan fingerprint density at radius 3 is 2.48 bits per heavy atom. The Labute approximate surface area is 173 Å². The Bertz CT molecular complexity index is 1010. The molecule has 1 aromatic carbocycles. The molecular formula is C21H31N4O3S+. The smallest absolute Gasteiger partial charge is 0.279 e. The van der Waals surface area contributed by atoms with E-state index in [4.69, 9.17) is 0 Å². The molecule has 3 rings (SSSR count). The molecule has 2 N–H and O–H groups in total. The van der Waals surface area contributed by atoms with Crippen molar-refractivity contribution < 1.29 is 18.1 Å². The van der Waals surface area contributed by atoms with Gasteiger partial charge in [-0.15, -0.1) is 0 Å². The third kappa shape index (κ3) is 4.87. The molecule has 7 nitrogen and oxygen atoms in total. The highest BCUT2D eigenvalue weighted by atomic mass is 32.2. The number of quaternary nitrogens is 1. The molecule has 2 atom stereocenters. The van der Waals surface area contributed by atoms with Gasteiger partial charge in [-0.3, -0.25) is 9.48 Å². The Morgan fingerprint density at radius 2 is 1.90 bits per heavy atom. The predicted octanol–water partition coefficient (Wildman–Crippen LogP) is 1.13. The van der Waals surface area contributed by atoms with Gasteiger partial charge in [-0.25, -0.2) is 8.42 Å². The molecule has 158 valence electrons. The van der Waals surface area contributed by atoms with Gasteiger partial charge < -0.3 is 10.2 Å². The van der Waals surface area contributed by atoms with Crippen molar-refractivity contribution in [1.29, 1.82) is 0 Å². The molecule has 0 saturated carbocycles. The molecule has 1 aromatic heterocycles. The molecule has 29 heavy (non-hydrogen) atoms. The highest BCUT2D eigenvalue weighted by Crippen LogP contribution is 2.26. The first-order valence-electron chi connectivity index (χ1n) is 9.99. The van der Waals surface area contributed by atoms with Crippen molar-refractivity contribution in [2.45, 2.75) is 46.7 Å². The number of carbonyl (C=O) groups excluding carboxylic acids is 1. The van der Waals surface area contributed by atoms with Crippen LogP contribution in [0.3, 0.4) is 0 Å². The first-order valence-corrected chi connectivity index (χ1v) is 11.8. The molecule has 0 spiro atoms. The topological polar surface area (TPSA) is 85.5 Å². The number of nitrogens with zero attached hydrogens (tertiary/aromatic N) is 2. The lowest BCUT2D eigenvalue weighted by Gasteiger charge is -2.16. The van der Waals surface area contributed by atoms with Crippen LogP contribution in [-0.4, -0.2) is 49.2 Å². The van der Waals surface area contributed by atoms with E-state index in [1.807, 2.05) is 57.6 Å². The second-order valence-electron chi connectivity index (χ2n) is 8.28. The first kappa shape index (κ1) is 21.5. The minimum atomic E-state index is -2.96. The van der Waals surface area contributed by atoms with Gasteiger partial charge in [0, 0.05) is 11.4 Å². The zero-order valence-corrected chi connectivity index (χ0v) is 18.7. The molecule has 0 radical (unpaired) electrons. The maximum absolute atomic E-state index is 12.6. The van der Waals surface area contributed by atoms with Crippen molar-refractivity contribution >= 4 is 21.4 Å². The zero-order valence-electron chi connectivity index (χ0n) is 17.9. The minimum absolute atomic E-state index is 0.0236. The maximum Gasteiger partial charge on any atom is 0.279 e. The summed E-state index contributed by atoms with van der Waals surface area (Å²) in [7, 11) is -0.972. The van der Waals surface area contributed by atoms with Crippen LogP contribution in [0.2, 0.25) is 0 Å². The fourth-order valence-corrected chi connectivity index (χ4v) is 5.80. The standard InChI is InChI=1S/C21H30N4O3S/c1-14-7-6-8-15(2)21(14)22-20(26)12-24(5)11-19-16(3)23-25(17(19)4)18-9-10-29(27,28)13-18/h6-8,18H,9-13H2,1-5H3,(H,22,26)/p+1/t18-/m1/s1. The van der Waals surface area contributed by atoms with E-state index < -0.39 is 9.84 Å². The van der Waals surface area contributed by atoms with Crippen LogP contribution in [-0.2, 0) is 21.2 Å². The number of rotatable bonds is 6. The van der Waals surface area contributed by atoms with Gasteiger partial charge >= 0.3 is 0 Å². The number of para-hydroxylation sites is 1. The summed E-state index contributed by atoms with van der Waals surface area (Å²) in [6.07, 6.45) is 0.616. The third-order valence-electron chi connectivity index (χ3n) is 5.72. The van der Waals surface area contributed by atoms with E-state index in [-0.39, 0.29) is 23.5 Å². The fraction of sp³-hybridized carbons (Fsp3) is 0.524. The molecular weight excluding hydrogens is 388 g/mol. The summed E-state index contributed by atoms with van der Waals surface area (Å²) in [5.74, 6) is 0.370. The molecule has 1 aliphatic heterocycles. The Hall–Kier alpha value is -2.19. The van der Waals surface area contributed by atoms with Gasteiger partial charge in [0.15, 0.2) is 16.4 Å². The summed E-state index contributed by atoms with van der Waals surface area (Å²) in [6, 6.07) is 5.88. The summed E-state index contributed by atoms with van der Waals surface area (Å²) >= 11 is 0. The van der Waals surface area contributed by atoms with Gasteiger partial charge in [-0.1, -0.05) is 18.2 Å². The zero-order chi connectivity index (χ0) is 21.3. The van der Waals surface area contributed by atoms with Crippen LogP contribution in [0.15, 0.2) is 18.2 Å². The monoisotopic (exact) mass is 419 g/mol. The molecule has 8 heteroatoms. The van der Waals surface area contributed by atoms with Gasteiger partial charge in [0.1, 0.15) is 6.54 Å². The number of aromatic nitrogens is 2. The number of anilines is 1. The van der Waals surface area contributed by atoms with Gasteiger partial charge in [-0.2, -0.15) is 5.10 Å². The van der Waals surface area contributed by atoms with Crippen LogP contribution in [0.25, 0.3) is 0 Å². The summed E-state index contributed by atoms with van der Waals surface area (Å²) in [5.41, 5.74) is 5.98. The lowest BCUT2D eigenvalue weighted by molar-refractivity contribution is -0.885. The quantitative estimate of drug-likeness (QED) is 0.735. The van der Waals surface area contributed by atoms with Crippen molar-refractivity contribution in [3.05, 3.63) is 46.3 Å². The van der Waals surface area contributed by atoms with Gasteiger partial charge in [0.25, 0.3) is 5.91 Å². The summed E-state index contributed by atoms with van der Waals surface area (Å²) in [6.45, 7) is 8.93. The van der Waals surface area contributed by atoms with Crippen LogP contribution in [0.4, 0.5) is 5.69 Å². The lowest BCUT2D eigenvalue weighted by Crippen LogP contribution is -3.08. The number of aryl methyl sites for hydroxylation is 3. The van der Waals surface area contributed by atoms with Gasteiger partial charge in [-0.05, 0) is 45.2 Å². The maximum atomic E-state index is 12.6. The van der Waals surface area contributed by atoms with Crippen LogP contribution in [0.1, 0.15) is 40.5 Å². The van der Waals surface area contributed by atoms with E-state index in [0.29, 0.717) is 19.5 Å². The van der Waals surface area contributed by atoms with Crippen LogP contribution in [0.5, 0.6) is 0 Å². The van der Waals surface area contributed by atoms with E-state index in [1.54, 1.807) is 0 Å². The molecule has 1 unspecified atom stereocenters. The highest BCUT2D eigenvalue weighted by Gasteiger charge is 2.32. The largest absolute Gasteiger partial charge is 0.326 e. The molecule has 0 bridgehead atoms. The molecule has 1 aliphatic rings. The summed E-state index contributed by atoms with van der Waals surface area (Å²) < 4.78 is 25.5. The molecule has 0 aliphatic carbocycles. The summed E-state index contributed by atoms with van der Waals surface area (Å²) in [5, 5.41) is 7.66. The number of nitrogens with one attached hydrogen (secondary N) is 2. The number of hydrogen-bond acceptors (Lipinski definition) is 4. The number of sulfone groups is 1. The van der Waals surface area contributed by atoms with Crippen LogP contribution in [0, 0.1) is 27.7 Å². The molecule has 1 saturated heterocycles. The average Bonchev–Trinajstić information content (AvgIpc) is 3.12. The second kappa shape index (κ2) is 8.28. The van der Waals surface area contributed by atoms with E-state index in [9.17, 15) is 13.2 Å². The van der Waals surface area contributed by atoms with Gasteiger partial charge in [0.05, 0.1) is 35.9 Å². The fourth-order valence-electron chi connectivity index (χ4n) is 4.11.